The minimum atomic E-state index is -0.726. The van der Waals surface area contributed by atoms with Crippen LogP contribution in [0.3, 0.4) is 0 Å². The highest BCUT2D eigenvalue weighted by Gasteiger charge is 2.24. The summed E-state index contributed by atoms with van der Waals surface area (Å²) < 4.78 is 4.82. The average Bonchev–Trinajstić information content (AvgIpc) is 2.24. The topological polar surface area (TPSA) is 69.4 Å². The lowest BCUT2D eigenvalue weighted by Crippen LogP contribution is -2.09. The number of halogens is 1. The van der Waals surface area contributed by atoms with Gasteiger partial charge in [-0.1, -0.05) is 24.6 Å². The lowest BCUT2D eigenvalue weighted by atomic mass is 10.2. The Morgan fingerprint density at radius 1 is 1.56 bits per heavy atom. The van der Waals surface area contributed by atoms with Gasteiger partial charge in [0.15, 0.2) is 0 Å². The van der Waals surface area contributed by atoms with Crippen molar-refractivity contribution in [2.45, 2.75) is 13.3 Å². The van der Waals surface area contributed by atoms with Crippen LogP contribution in [0.25, 0.3) is 0 Å². The first kappa shape index (κ1) is 12.4. The number of carbonyl (C=O) groups excluding carboxylic acids is 1. The zero-order valence-electron chi connectivity index (χ0n) is 8.60. The van der Waals surface area contributed by atoms with E-state index in [4.69, 9.17) is 16.3 Å². The Hall–Kier alpha value is -1.62. The second kappa shape index (κ2) is 5.46. The highest BCUT2D eigenvalue weighted by Crippen LogP contribution is 2.28. The normalized spacial score (nSPS) is 9.88. The van der Waals surface area contributed by atoms with Gasteiger partial charge in [0, 0.05) is 0 Å². The smallest absolute Gasteiger partial charge is 0.345 e. The molecule has 0 aliphatic rings. The molecule has 0 radical (unpaired) electrons. The molecule has 1 rings (SSSR count). The van der Waals surface area contributed by atoms with E-state index < -0.39 is 16.6 Å². The third-order valence-corrected chi connectivity index (χ3v) is 2.13. The van der Waals surface area contributed by atoms with E-state index in [0.29, 0.717) is 6.42 Å². The van der Waals surface area contributed by atoms with Crippen LogP contribution >= 0.6 is 11.6 Å². The molecule has 6 heteroatoms. The number of hydrogen-bond acceptors (Lipinski definition) is 4. The molecule has 5 nitrogen and oxygen atoms in total. The van der Waals surface area contributed by atoms with Gasteiger partial charge in [0.2, 0.25) is 0 Å². The number of rotatable bonds is 4. The second-order valence-electron chi connectivity index (χ2n) is 3.03. The summed E-state index contributed by atoms with van der Waals surface area (Å²) in [4.78, 5) is 21.5. The van der Waals surface area contributed by atoms with Gasteiger partial charge in [0.25, 0.3) is 0 Å². The summed E-state index contributed by atoms with van der Waals surface area (Å²) in [6.07, 6.45) is 0.653. The lowest BCUT2D eigenvalue weighted by molar-refractivity contribution is -0.385. The largest absolute Gasteiger partial charge is 0.462 e. The van der Waals surface area contributed by atoms with Crippen LogP contribution in [-0.4, -0.2) is 17.5 Å². The lowest BCUT2D eigenvalue weighted by Gasteiger charge is -2.04. The van der Waals surface area contributed by atoms with Gasteiger partial charge in [-0.3, -0.25) is 10.1 Å². The summed E-state index contributed by atoms with van der Waals surface area (Å²) in [6.45, 7) is 2.06. The van der Waals surface area contributed by atoms with Crippen LogP contribution in [0.15, 0.2) is 18.2 Å². The minimum absolute atomic E-state index is 0.0732. The maximum atomic E-state index is 11.5. The number of benzene rings is 1. The molecule has 1 aromatic carbocycles. The molecule has 16 heavy (non-hydrogen) atoms. The third kappa shape index (κ3) is 2.70. The zero-order chi connectivity index (χ0) is 12.1. The predicted molar refractivity (Wildman–Crippen MR) is 58.7 cm³/mol. The summed E-state index contributed by atoms with van der Waals surface area (Å²) >= 11 is 5.65. The van der Waals surface area contributed by atoms with Crippen LogP contribution in [0.1, 0.15) is 23.7 Å². The first-order chi connectivity index (χ1) is 7.57. The van der Waals surface area contributed by atoms with Crippen molar-refractivity contribution in [1.82, 2.24) is 0 Å². The Morgan fingerprint density at radius 3 is 2.81 bits per heavy atom. The molecule has 0 aromatic heterocycles. The SMILES string of the molecule is CCCOC(=O)c1cccc(Cl)c1[N+](=O)[O-]. The number of ether oxygens (including phenoxy) is 1. The maximum Gasteiger partial charge on any atom is 0.345 e. The average molecular weight is 244 g/mol. The maximum absolute atomic E-state index is 11.5. The summed E-state index contributed by atoms with van der Waals surface area (Å²) in [5, 5.41) is 10.7. The molecule has 0 bridgehead atoms. The van der Waals surface area contributed by atoms with Crippen molar-refractivity contribution in [2.75, 3.05) is 6.61 Å². The van der Waals surface area contributed by atoms with Gasteiger partial charge in [-0.2, -0.15) is 0 Å². The minimum Gasteiger partial charge on any atom is -0.462 e. The summed E-state index contributed by atoms with van der Waals surface area (Å²) in [5.74, 6) is -0.726. The molecular weight excluding hydrogens is 234 g/mol. The molecule has 0 amide bonds. The van der Waals surface area contributed by atoms with Gasteiger partial charge < -0.3 is 4.74 Å². The molecule has 1 aromatic rings. The highest BCUT2D eigenvalue weighted by molar-refractivity contribution is 6.33. The molecule has 0 fully saturated rings. The Bertz CT molecular complexity index is 419. The Balaban J connectivity index is 3.08. The van der Waals surface area contributed by atoms with Crippen LogP contribution in [0.5, 0.6) is 0 Å². The van der Waals surface area contributed by atoms with Crippen molar-refractivity contribution in [3.05, 3.63) is 38.9 Å². The number of nitro groups is 1. The van der Waals surface area contributed by atoms with Crippen molar-refractivity contribution in [3.63, 3.8) is 0 Å². The quantitative estimate of drug-likeness (QED) is 0.463. The molecule has 0 heterocycles. The number of nitro benzene ring substituents is 1. The number of para-hydroxylation sites is 1. The van der Waals surface area contributed by atoms with Gasteiger partial charge >= 0.3 is 11.7 Å². The fourth-order valence-corrected chi connectivity index (χ4v) is 1.38. The second-order valence-corrected chi connectivity index (χ2v) is 3.44. The van der Waals surface area contributed by atoms with Gasteiger partial charge in [0.05, 0.1) is 11.5 Å². The molecule has 0 N–H and O–H groups in total. The molecule has 0 aliphatic heterocycles. The molecule has 86 valence electrons. The fraction of sp³-hybridized carbons (Fsp3) is 0.300. The van der Waals surface area contributed by atoms with E-state index in [1.54, 1.807) is 0 Å². The summed E-state index contributed by atoms with van der Waals surface area (Å²) in [6, 6.07) is 4.15. The van der Waals surface area contributed by atoms with E-state index >= 15 is 0 Å². The molecule has 0 aliphatic carbocycles. The Labute approximate surface area is 97.1 Å². The zero-order valence-corrected chi connectivity index (χ0v) is 9.36. The molecular formula is C10H10ClNO4. The first-order valence-electron chi connectivity index (χ1n) is 4.68. The van der Waals surface area contributed by atoms with E-state index in [-0.39, 0.29) is 17.2 Å². The van der Waals surface area contributed by atoms with Crippen LogP contribution < -0.4 is 0 Å². The van der Waals surface area contributed by atoms with E-state index in [9.17, 15) is 14.9 Å². The van der Waals surface area contributed by atoms with Crippen LogP contribution in [0.2, 0.25) is 5.02 Å². The Kier molecular flexibility index (Phi) is 4.25. The summed E-state index contributed by atoms with van der Waals surface area (Å²) in [7, 11) is 0. The molecule has 0 unspecified atom stereocenters. The van der Waals surface area contributed by atoms with Gasteiger partial charge in [-0.15, -0.1) is 0 Å². The van der Waals surface area contributed by atoms with Gasteiger partial charge in [-0.05, 0) is 18.6 Å². The van der Waals surface area contributed by atoms with Crippen molar-refractivity contribution >= 4 is 23.3 Å². The highest BCUT2D eigenvalue weighted by atomic mass is 35.5. The van der Waals surface area contributed by atoms with Gasteiger partial charge in [0.1, 0.15) is 10.6 Å². The number of nitrogens with zero attached hydrogens (tertiary/aromatic N) is 1. The van der Waals surface area contributed by atoms with Crippen molar-refractivity contribution in [2.24, 2.45) is 0 Å². The van der Waals surface area contributed by atoms with Crippen LogP contribution in [-0.2, 0) is 4.74 Å². The number of carbonyl (C=O) groups is 1. The van der Waals surface area contributed by atoms with Crippen molar-refractivity contribution in [1.29, 1.82) is 0 Å². The molecule has 0 spiro atoms. The number of esters is 1. The monoisotopic (exact) mass is 243 g/mol. The standard InChI is InChI=1S/C10H10ClNO4/c1-2-6-16-10(13)7-4-3-5-8(11)9(7)12(14)15/h3-5H,2,6H2,1H3. The van der Waals surface area contributed by atoms with E-state index in [1.165, 1.54) is 18.2 Å². The first-order valence-corrected chi connectivity index (χ1v) is 5.05. The number of hydrogen-bond donors (Lipinski definition) is 0. The van der Waals surface area contributed by atoms with E-state index in [1.807, 2.05) is 6.92 Å². The Morgan fingerprint density at radius 2 is 2.25 bits per heavy atom. The van der Waals surface area contributed by atoms with E-state index in [2.05, 4.69) is 0 Å². The van der Waals surface area contributed by atoms with Crippen LogP contribution in [0, 0.1) is 10.1 Å². The predicted octanol–water partition coefficient (Wildman–Crippen LogP) is 2.82. The fourth-order valence-electron chi connectivity index (χ4n) is 1.14. The summed E-state index contributed by atoms with van der Waals surface area (Å²) in [5.41, 5.74) is -0.531. The molecule has 0 saturated heterocycles. The van der Waals surface area contributed by atoms with E-state index in [0.717, 1.165) is 0 Å². The van der Waals surface area contributed by atoms with Crippen LogP contribution in [0.4, 0.5) is 5.69 Å². The van der Waals surface area contributed by atoms with Gasteiger partial charge in [-0.25, -0.2) is 4.79 Å². The van der Waals surface area contributed by atoms with Crippen molar-refractivity contribution < 1.29 is 14.5 Å². The molecule has 0 atom stereocenters. The molecule has 0 saturated carbocycles. The van der Waals surface area contributed by atoms with Crippen molar-refractivity contribution in [3.8, 4) is 0 Å². The third-order valence-electron chi connectivity index (χ3n) is 1.83.